The molecule has 1 unspecified atom stereocenters. The van der Waals surface area contributed by atoms with Gasteiger partial charge in [-0.2, -0.15) is 17.0 Å². The van der Waals surface area contributed by atoms with E-state index in [1.807, 2.05) is 0 Å². The first kappa shape index (κ1) is 16.8. The van der Waals surface area contributed by atoms with Crippen LogP contribution in [0.25, 0.3) is 0 Å². The monoisotopic (exact) mass is 294 g/mol. The average Bonchev–Trinajstić information content (AvgIpc) is 2.39. The molecule has 0 aromatic rings. The summed E-state index contributed by atoms with van der Waals surface area (Å²) in [7, 11) is 1.10. The largest absolute Gasteiger partial charge is 0.389 e. The minimum atomic E-state index is -3.50. The zero-order chi connectivity index (χ0) is 14.5. The molecule has 0 heterocycles. The maximum Gasteiger partial charge on any atom is 0.281 e. The van der Waals surface area contributed by atoms with Gasteiger partial charge in [-0.05, 0) is 12.8 Å². The van der Waals surface area contributed by atoms with Gasteiger partial charge in [0.25, 0.3) is 10.2 Å². The van der Waals surface area contributed by atoms with Crippen LogP contribution < -0.4 is 0 Å². The molecule has 0 aromatic carbocycles. The number of nitrogens with zero attached hydrogens (tertiary/aromatic N) is 2. The van der Waals surface area contributed by atoms with E-state index in [0.717, 1.165) is 25.7 Å². The molecule has 6 nitrogen and oxygen atoms in total. The molecule has 0 spiro atoms. The molecule has 0 bridgehead atoms. The van der Waals surface area contributed by atoms with E-state index in [0.29, 0.717) is 0 Å². The van der Waals surface area contributed by atoms with Crippen molar-refractivity contribution in [1.82, 2.24) is 8.61 Å². The van der Waals surface area contributed by atoms with Crippen molar-refractivity contribution in [2.75, 3.05) is 34.4 Å². The summed E-state index contributed by atoms with van der Waals surface area (Å²) in [6.07, 6.45) is 4.40. The normalized spacial score (nSPS) is 20.1. The van der Waals surface area contributed by atoms with Crippen molar-refractivity contribution >= 4 is 10.2 Å². The Morgan fingerprint density at radius 3 is 2.37 bits per heavy atom. The van der Waals surface area contributed by atoms with E-state index in [1.165, 1.54) is 29.2 Å². The Kier molecular flexibility index (Phi) is 6.68. The molecule has 0 amide bonds. The smallest absolute Gasteiger partial charge is 0.281 e. The highest BCUT2D eigenvalue weighted by atomic mass is 32.2. The van der Waals surface area contributed by atoms with Crippen LogP contribution in [0, 0.1) is 0 Å². The lowest BCUT2D eigenvalue weighted by Crippen LogP contribution is -2.48. The van der Waals surface area contributed by atoms with Crippen LogP contribution in [0.3, 0.4) is 0 Å². The van der Waals surface area contributed by atoms with Gasteiger partial charge >= 0.3 is 0 Å². The van der Waals surface area contributed by atoms with E-state index < -0.39 is 16.3 Å². The van der Waals surface area contributed by atoms with Crippen molar-refractivity contribution in [3.63, 3.8) is 0 Å². The minimum absolute atomic E-state index is 0.0488. The number of methoxy groups -OCH3 is 1. The van der Waals surface area contributed by atoms with Crippen LogP contribution in [0.5, 0.6) is 0 Å². The predicted octanol–water partition coefficient (Wildman–Crippen LogP) is 0.435. The molecule has 19 heavy (non-hydrogen) atoms. The second-order valence-corrected chi connectivity index (χ2v) is 7.30. The molecule has 1 N–H and O–H groups in total. The molecular formula is C12H26N2O4S. The fraction of sp³-hybridized carbons (Fsp3) is 1.00. The molecule has 0 saturated heterocycles. The first-order valence-electron chi connectivity index (χ1n) is 6.76. The number of likely N-dealkylation sites (N-methyl/N-ethyl adjacent to an activating group) is 1. The van der Waals surface area contributed by atoms with Crippen LogP contribution in [-0.2, 0) is 14.9 Å². The number of aliphatic hydroxyl groups excluding tert-OH is 1. The predicted molar refractivity (Wildman–Crippen MR) is 74.1 cm³/mol. The Morgan fingerprint density at radius 1 is 1.26 bits per heavy atom. The molecule has 1 rings (SSSR count). The van der Waals surface area contributed by atoms with Gasteiger partial charge in [-0.3, -0.25) is 0 Å². The van der Waals surface area contributed by atoms with Gasteiger partial charge in [-0.1, -0.05) is 19.3 Å². The van der Waals surface area contributed by atoms with Gasteiger partial charge in [0.05, 0.1) is 12.7 Å². The third-order valence-electron chi connectivity index (χ3n) is 3.67. The Hall–Kier alpha value is -0.210. The second-order valence-electron chi connectivity index (χ2n) is 5.21. The fourth-order valence-corrected chi connectivity index (χ4v) is 3.88. The standard InChI is InChI=1S/C12H26N2O4S/c1-13(9-12(15)10-18-3)19(16,17)14(2)11-7-5-4-6-8-11/h11-12,15H,4-10H2,1-3H3. The molecule has 1 saturated carbocycles. The zero-order valence-electron chi connectivity index (χ0n) is 12.1. The average molecular weight is 294 g/mol. The highest BCUT2D eigenvalue weighted by molar-refractivity contribution is 7.86. The Morgan fingerprint density at radius 2 is 1.84 bits per heavy atom. The van der Waals surface area contributed by atoms with Gasteiger partial charge in [-0.25, -0.2) is 0 Å². The van der Waals surface area contributed by atoms with Crippen LogP contribution in [0.2, 0.25) is 0 Å². The van der Waals surface area contributed by atoms with Gasteiger partial charge in [0, 0.05) is 33.8 Å². The summed E-state index contributed by atoms with van der Waals surface area (Å²) in [4.78, 5) is 0. The van der Waals surface area contributed by atoms with Crippen LogP contribution in [0.15, 0.2) is 0 Å². The summed E-state index contributed by atoms with van der Waals surface area (Å²) in [6.45, 7) is 0.181. The van der Waals surface area contributed by atoms with E-state index in [1.54, 1.807) is 7.05 Å². The molecule has 1 aliphatic rings. The highest BCUT2D eigenvalue weighted by Crippen LogP contribution is 2.24. The first-order valence-corrected chi connectivity index (χ1v) is 8.15. The first-order chi connectivity index (χ1) is 8.89. The SMILES string of the molecule is COCC(O)CN(C)S(=O)(=O)N(C)C1CCCCC1. The molecule has 0 radical (unpaired) electrons. The van der Waals surface area contributed by atoms with Gasteiger partial charge in [0.15, 0.2) is 0 Å². The Balaban J connectivity index is 2.61. The topological polar surface area (TPSA) is 70.1 Å². The molecule has 1 aliphatic carbocycles. The van der Waals surface area contributed by atoms with Crippen molar-refractivity contribution in [1.29, 1.82) is 0 Å². The van der Waals surface area contributed by atoms with Gasteiger partial charge in [-0.15, -0.1) is 0 Å². The van der Waals surface area contributed by atoms with Crippen molar-refractivity contribution < 1.29 is 18.3 Å². The fourth-order valence-electron chi connectivity index (χ4n) is 2.49. The highest BCUT2D eigenvalue weighted by Gasteiger charge is 2.31. The maximum atomic E-state index is 12.4. The van der Waals surface area contributed by atoms with Crippen LogP contribution >= 0.6 is 0 Å². The number of rotatable bonds is 7. The lowest BCUT2D eigenvalue weighted by Gasteiger charge is -2.33. The summed E-state index contributed by atoms with van der Waals surface area (Å²) in [5.41, 5.74) is 0. The minimum Gasteiger partial charge on any atom is -0.389 e. The van der Waals surface area contributed by atoms with Gasteiger partial charge in [0.2, 0.25) is 0 Å². The van der Waals surface area contributed by atoms with Crippen LogP contribution in [-0.4, -0.2) is 68.6 Å². The third-order valence-corrected chi connectivity index (χ3v) is 5.64. The second kappa shape index (κ2) is 7.54. The summed E-state index contributed by atoms with van der Waals surface area (Å²) in [5.74, 6) is 0. The molecule has 7 heteroatoms. The Labute approximate surface area is 116 Å². The lowest BCUT2D eigenvalue weighted by atomic mass is 9.96. The molecular weight excluding hydrogens is 268 g/mol. The summed E-state index contributed by atoms with van der Waals surface area (Å²) in [6, 6.07) is 0.0840. The van der Waals surface area contributed by atoms with Crippen molar-refractivity contribution in [2.45, 2.75) is 44.2 Å². The van der Waals surface area contributed by atoms with Crippen LogP contribution in [0.1, 0.15) is 32.1 Å². The van der Waals surface area contributed by atoms with E-state index in [4.69, 9.17) is 4.74 Å². The summed E-state index contributed by atoms with van der Waals surface area (Å²) in [5, 5.41) is 9.63. The number of hydrogen-bond donors (Lipinski definition) is 1. The quantitative estimate of drug-likeness (QED) is 0.739. The number of aliphatic hydroxyl groups is 1. The van der Waals surface area contributed by atoms with Crippen molar-refractivity contribution in [3.05, 3.63) is 0 Å². The molecule has 114 valence electrons. The van der Waals surface area contributed by atoms with E-state index in [-0.39, 0.29) is 19.2 Å². The number of hydrogen-bond acceptors (Lipinski definition) is 4. The van der Waals surface area contributed by atoms with Gasteiger partial charge < -0.3 is 9.84 Å². The van der Waals surface area contributed by atoms with Crippen molar-refractivity contribution in [3.8, 4) is 0 Å². The Bertz CT molecular complexity index is 355. The zero-order valence-corrected chi connectivity index (χ0v) is 12.9. The summed E-state index contributed by atoms with van der Waals surface area (Å²) >= 11 is 0. The molecule has 0 aliphatic heterocycles. The maximum absolute atomic E-state index is 12.4. The molecule has 1 atom stereocenters. The van der Waals surface area contributed by atoms with E-state index in [2.05, 4.69) is 0 Å². The van der Waals surface area contributed by atoms with Crippen molar-refractivity contribution in [2.24, 2.45) is 0 Å². The molecule has 1 fully saturated rings. The number of ether oxygens (including phenoxy) is 1. The lowest BCUT2D eigenvalue weighted by molar-refractivity contribution is 0.0543. The molecule has 0 aromatic heterocycles. The van der Waals surface area contributed by atoms with Crippen LogP contribution in [0.4, 0.5) is 0 Å². The van der Waals surface area contributed by atoms with Gasteiger partial charge in [0.1, 0.15) is 0 Å². The van der Waals surface area contributed by atoms with E-state index >= 15 is 0 Å². The third kappa shape index (κ3) is 4.68. The van der Waals surface area contributed by atoms with E-state index in [9.17, 15) is 13.5 Å². The summed E-state index contributed by atoms with van der Waals surface area (Å²) < 4.78 is 32.2.